The zero-order valence-corrected chi connectivity index (χ0v) is 11.2. The lowest BCUT2D eigenvalue weighted by molar-refractivity contribution is 0.0312. The van der Waals surface area contributed by atoms with Crippen LogP contribution in [0.1, 0.15) is 37.4 Å². The van der Waals surface area contributed by atoms with E-state index in [9.17, 15) is 5.11 Å². The molecule has 0 bridgehead atoms. The minimum absolute atomic E-state index is 0.111. The lowest BCUT2D eigenvalue weighted by atomic mass is 9.84. The zero-order valence-electron chi connectivity index (χ0n) is 11.2. The van der Waals surface area contributed by atoms with E-state index in [1.165, 1.54) is 0 Å². The van der Waals surface area contributed by atoms with Gasteiger partial charge in [-0.1, -0.05) is 12.2 Å². The predicted molar refractivity (Wildman–Crippen MR) is 73.5 cm³/mol. The average molecular weight is 260 g/mol. The molecule has 0 saturated carbocycles. The van der Waals surface area contributed by atoms with E-state index < -0.39 is 6.10 Å². The van der Waals surface area contributed by atoms with Crippen molar-refractivity contribution in [1.82, 2.24) is 0 Å². The maximum absolute atomic E-state index is 10.3. The molecule has 1 N–H and O–H groups in total. The molecule has 102 valence electrons. The Bertz CT molecular complexity index is 481. The van der Waals surface area contributed by atoms with Gasteiger partial charge in [0.2, 0.25) is 0 Å². The Hall–Kier alpha value is -1.48. The van der Waals surface area contributed by atoms with Gasteiger partial charge in [0.1, 0.15) is 17.6 Å². The molecule has 0 radical (unpaired) electrons. The first kappa shape index (κ1) is 12.5. The van der Waals surface area contributed by atoms with E-state index >= 15 is 0 Å². The standard InChI is InChI=1S/C16H20O3/c1-18-12-7-8-13-14(17)10-15(19-16(13)9-12)11-5-3-2-4-6-11/h2-3,7-9,11,14-15,17H,4-6,10H2,1H3. The summed E-state index contributed by atoms with van der Waals surface area (Å²) in [5.41, 5.74) is 0.878. The molecule has 3 nitrogen and oxygen atoms in total. The highest BCUT2D eigenvalue weighted by atomic mass is 16.5. The second kappa shape index (κ2) is 5.25. The molecule has 2 aliphatic rings. The SMILES string of the molecule is COc1ccc2c(c1)OC(C1CC=CCC1)CC2O. The molecule has 1 aliphatic carbocycles. The maximum atomic E-state index is 10.3. The first-order valence-electron chi connectivity index (χ1n) is 6.95. The molecule has 0 amide bonds. The van der Waals surface area contributed by atoms with Crippen LogP contribution in [0.3, 0.4) is 0 Å². The van der Waals surface area contributed by atoms with Gasteiger partial charge in [0.25, 0.3) is 0 Å². The predicted octanol–water partition coefficient (Wildman–Crippen LogP) is 3.24. The fourth-order valence-electron chi connectivity index (χ4n) is 3.02. The molecule has 0 fully saturated rings. The van der Waals surface area contributed by atoms with Gasteiger partial charge in [-0.15, -0.1) is 0 Å². The number of methoxy groups -OCH3 is 1. The molecule has 1 aromatic carbocycles. The van der Waals surface area contributed by atoms with Crippen LogP contribution >= 0.6 is 0 Å². The number of hydrogen-bond acceptors (Lipinski definition) is 3. The Morgan fingerprint density at radius 1 is 1.32 bits per heavy atom. The summed E-state index contributed by atoms with van der Waals surface area (Å²) >= 11 is 0. The first-order chi connectivity index (χ1) is 9.28. The monoisotopic (exact) mass is 260 g/mol. The molecule has 0 saturated heterocycles. The van der Waals surface area contributed by atoms with Crippen molar-refractivity contribution in [3.05, 3.63) is 35.9 Å². The molecule has 1 aromatic rings. The molecule has 1 heterocycles. The molecule has 0 aromatic heterocycles. The van der Waals surface area contributed by atoms with Gasteiger partial charge >= 0.3 is 0 Å². The topological polar surface area (TPSA) is 38.7 Å². The lowest BCUT2D eigenvalue weighted by Gasteiger charge is -2.35. The Balaban J connectivity index is 1.83. The third-order valence-corrected chi connectivity index (χ3v) is 4.15. The number of aliphatic hydroxyl groups is 1. The Morgan fingerprint density at radius 2 is 2.21 bits per heavy atom. The highest BCUT2D eigenvalue weighted by Gasteiger charge is 2.32. The molecular formula is C16H20O3. The number of hydrogen-bond donors (Lipinski definition) is 1. The van der Waals surface area contributed by atoms with Gasteiger partial charge in [0, 0.05) is 18.1 Å². The number of ether oxygens (including phenoxy) is 2. The number of aliphatic hydroxyl groups excluding tert-OH is 1. The van der Waals surface area contributed by atoms with E-state index in [-0.39, 0.29) is 6.10 Å². The van der Waals surface area contributed by atoms with Gasteiger partial charge in [-0.3, -0.25) is 0 Å². The zero-order chi connectivity index (χ0) is 13.2. The largest absolute Gasteiger partial charge is 0.497 e. The molecule has 3 rings (SSSR count). The summed E-state index contributed by atoms with van der Waals surface area (Å²) in [6.45, 7) is 0. The van der Waals surface area contributed by atoms with Crippen LogP contribution in [0.2, 0.25) is 0 Å². The van der Waals surface area contributed by atoms with Crippen molar-refractivity contribution in [3.63, 3.8) is 0 Å². The summed E-state index contributed by atoms with van der Waals surface area (Å²) in [7, 11) is 1.64. The minimum Gasteiger partial charge on any atom is -0.497 e. The number of allylic oxidation sites excluding steroid dienone is 2. The van der Waals surface area contributed by atoms with Crippen LogP contribution in [0.5, 0.6) is 11.5 Å². The van der Waals surface area contributed by atoms with Gasteiger partial charge in [0.05, 0.1) is 13.2 Å². The van der Waals surface area contributed by atoms with Crippen molar-refractivity contribution in [1.29, 1.82) is 0 Å². The second-order valence-corrected chi connectivity index (χ2v) is 5.36. The van der Waals surface area contributed by atoms with Crippen LogP contribution in [0.4, 0.5) is 0 Å². The lowest BCUT2D eigenvalue weighted by Crippen LogP contribution is -2.33. The third-order valence-electron chi connectivity index (χ3n) is 4.15. The third kappa shape index (κ3) is 2.47. The minimum atomic E-state index is -0.425. The molecule has 3 unspecified atom stereocenters. The molecule has 3 atom stereocenters. The van der Waals surface area contributed by atoms with Crippen molar-refractivity contribution in [2.24, 2.45) is 5.92 Å². The highest BCUT2D eigenvalue weighted by Crippen LogP contribution is 2.40. The Kier molecular flexibility index (Phi) is 3.47. The van der Waals surface area contributed by atoms with Crippen LogP contribution in [-0.4, -0.2) is 18.3 Å². The first-order valence-corrected chi connectivity index (χ1v) is 6.95. The van der Waals surface area contributed by atoms with Gasteiger partial charge in [-0.25, -0.2) is 0 Å². The quantitative estimate of drug-likeness (QED) is 0.830. The van der Waals surface area contributed by atoms with Crippen LogP contribution in [-0.2, 0) is 0 Å². The van der Waals surface area contributed by atoms with Gasteiger partial charge in [0.15, 0.2) is 0 Å². The van der Waals surface area contributed by atoms with E-state index in [0.717, 1.165) is 36.3 Å². The number of fused-ring (bicyclic) bond motifs is 1. The normalized spacial score (nSPS) is 29.5. The van der Waals surface area contributed by atoms with Crippen molar-refractivity contribution < 1.29 is 14.6 Å². The van der Waals surface area contributed by atoms with E-state index in [4.69, 9.17) is 9.47 Å². The summed E-state index contributed by atoms with van der Waals surface area (Å²) in [5, 5.41) is 10.3. The number of rotatable bonds is 2. The van der Waals surface area contributed by atoms with Crippen LogP contribution in [0.15, 0.2) is 30.4 Å². The Morgan fingerprint density at radius 3 is 2.95 bits per heavy atom. The van der Waals surface area contributed by atoms with Crippen molar-refractivity contribution in [2.45, 2.75) is 37.9 Å². The summed E-state index contributed by atoms with van der Waals surface area (Å²) in [6.07, 6.45) is 8.15. The fourth-order valence-corrected chi connectivity index (χ4v) is 3.02. The van der Waals surface area contributed by atoms with Crippen LogP contribution in [0, 0.1) is 5.92 Å². The van der Waals surface area contributed by atoms with E-state index in [0.29, 0.717) is 12.3 Å². The summed E-state index contributed by atoms with van der Waals surface area (Å²) in [6, 6.07) is 5.65. The molecular weight excluding hydrogens is 240 g/mol. The summed E-state index contributed by atoms with van der Waals surface area (Å²) in [4.78, 5) is 0. The smallest absolute Gasteiger partial charge is 0.129 e. The van der Waals surface area contributed by atoms with E-state index in [2.05, 4.69) is 12.2 Å². The average Bonchev–Trinajstić information content (AvgIpc) is 2.47. The second-order valence-electron chi connectivity index (χ2n) is 5.36. The van der Waals surface area contributed by atoms with E-state index in [1.807, 2.05) is 18.2 Å². The molecule has 3 heteroatoms. The van der Waals surface area contributed by atoms with Gasteiger partial charge < -0.3 is 14.6 Å². The van der Waals surface area contributed by atoms with Crippen LogP contribution in [0.25, 0.3) is 0 Å². The molecule has 0 spiro atoms. The summed E-state index contributed by atoms with van der Waals surface area (Å²) < 4.78 is 11.3. The van der Waals surface area contributed by atoms with Gasteiger partial charge in [-0.05, 0) is 37.3 Å². The molecule has 19 heavy (non-hydrogen) atoms. The van der Waals surface area contributed by atoms with Crippen LogP contribution < -0.4 is 9.47 Å². The fraction of sp³-hybridized carbons (Fsp3) is 0.500. The number of benzene rings is 1. The summed E-state index contributed by atoms with van der Waals surface area (Å²) in [5.74, 6) is 2.06. The van der Waals surface area contributed by atoms with Crippen molar-refractivity contribution in [2.75, 3.05) is 7.11 Å². The van der Waals surface area contributed by atoms with Gasteiger partial charge in [-0.2, -0.15) is 0 Å². The highest BCUT2D eigenvalue weighted by molar-refractivity contribution is 5.43. The molecule has 1 aliphatic heterocycles. The van der Waals surface area contributed by atoms with Crippen molar-refractivity contribution in [3.8, 4) is 11.5 Å². The Labute approximate surface area is 113 Å². The van der Waals surface area contributed by atoms with E-state index in [1.54, 1.807) is 7.11 Å². The van der Waals surface area contributed by atoms with Crippen molar-refractivity contribution >= 4 is 0 Å². The maximum Gasteiger partial charge on any atom is 0.129 e.